The summed E-state index contributed by atoms with van der Waals surface area (Å²) in [7, 11) is 2.05. The first-order chi connectivity index (χ1) is 45.6. The molecule has 7 aliphatic heterocycles. The van der Waals surface area contributed by atoms with Crippen molar-refractivity contribution >= 4 is 70.2 Å². The molecule has 1 N–H and O–H groups in total. The maximum Gasteiger partial charge on any atom is 0.418 e. The molecule has 11 rings (SSSR count). The molecule has 4 aromatic rings. The van der Waals surface area contributed by atoms with E-state index in [0.717, 1.165) is 99.1 Å². The maximum absolute atomic E-state index is 13.8. The van der Waals surface area contributed by atoms with Crippen LogP contribution in [0, 0.1) is 45.8 Å². The van der Waals surface area contributed by atoms with Crippen LogP contribution in [0.1, 0.15) is 139 Å². The SMILES string of the molecule is C=CC(=O)N1CCN(c2nc(OC[C@@H]3CCCN3C)nc3c2CCN(c2ccccc2C(F)(F)F)C3)CC1CC#N.CC(C)(C)OC(=O)N1CCc2c(Cl)nc(Cl)nc2C1.CC(C)(C)OC(=O)N1CCc2c(nc(Cl)nc2N2CCCC(CC#N)C2)C1.N#CCC1CCCNC1. The standard InChI is InChI=1S/C29H34F3N7O2.C19H26ClN5O2.C12H15Cl2N3O2.C7H12N2/c1-3-26(40)39-16-15-38(17-20(39)10-12-33)27-22-11-14-37(25-9-5-4-8-23(25)29(30,31)32)18-24(22)34-28(35-27)41-19-21-7-6-13-36(21)2;1-19(2,3)27-18(26)25-10-7-14-15(12-25)22-17(20)23-16(14)24-9-4-5-13(11-24)6-8-21;1-12(2,3)19-11(18)17-5-4-7-8(6-17)15-10(14)16-9(7)13;8-4-3-7-2-1-5-9-6-7/h3-5,8-9,20-21H,1,6-7,10-11,13-19H2,2H3;13H,4-7,9-12H2,1-3H3;4-6H2,1-3H3;7,9H,1-3,5-6H2/t20?,21-;;;/m0.../s1. The molecule has 4 atom stereocenters. The number of nitrogens with zero attached hydrogens (tertiary/aromatic N) is 16. The zero-order valence-electron chi connectivity index (χ0n) is 55.9. The number of hydrogen-bond acceptors (Lipinski definition) is 20. The third-order valence-electron chi connectivity index (χ3n) is 17.5. The number of piperidine rings is 2. The van der Waals surface area contributed by atoms with Crippen LogP contribution in [0.15, 0.2) is 36.9 Å². The fraction of sp³-hybridized carbons (Fsp3) is 0.612. The van der Waals surface area contributed by atoms with Gasteiger partial charge in [0.25, 0.3) is 0 Å². The number of carbonyl (C=O) groups is 3. The second-order valence-corrected chi connectivity index (χ2v) is 27.9. The minimum atomic E-state index is -4.48. The summed E-state index contributed by atoms with van der Waals surface area (Å²) >= 11 is 18.0. The number of aromatic nitrogens is 6. The van der Waals surface area contributed by atoms with Crippen LogP contribution in [0.25, 0.3) is 0 Å². The Morgan fingerprint density at radius 2 is 1.22 bits per heavy atom. The van der Waals surface area contributed by atoms with E-state index in [1.807, 2.05) is 46.4 Å². The molecular formula is C67H87Cl3F3N17O6. The minimum Gasteiger partial charge on any atom is -0.462 e. The molecule has 518 valence electrons. The molecule has 7 aliphatic rings. The number of benzene rings is 1. The molecule has 0 bridgehead atoms. The van der Waals surface area contributed by atoms with Gasteiger partial charge in [-0.15, -0.1) is 0 Å². The molecule has 10 heterocycles. The lowest BCUT2D eigenvalue weighted by Gasteiger charge is -2.42. The third kappa shape index (κ3) is 20.5. The van der Waals surface area contributed by atoms with E-state index in [-0.39, 0.29) is 65.4 Å². The summed E-state index contributed by atoms with van der Waals surface area (Å²) in [5.74, 6) is 2.27. The number of fused-ring (bicyclic) bond motifs is 3. The molecule has 3 aromatic heterocycles. The summed E-state index contributed by atoms with van der Waals surface area (Å²) in [5, 5.41) is 30.7. The Balaban J connectivity index is 0.000000183. The Labute approximate surface area is 575 Å². The quantitative estimate of drug-likeness (QED) is 0.0878. The Bertz CT molecular complexity index is 3510. The summed E-state index contributed by atoms with van der Waals surface area (Å²) in [6.45, 7) is 23.6. The molecule has 4 fully saturated rings. The number of hydrogen-bond donors (Lipinski definition) is 1. The van der Waals surface area contributed by atoms with Crippen LogP contribution in [0.3, 0.4) is 0 Å². The Hall–Kier alpha value is -7.54. The van der Waals surface area contributed by atoms with Crippen LogP contribution in [-0.2, 0) is 59.3 Å². The lowest BCUT2D eigenvalue weighted by atomic mass is 9.94. The van der Waals surface area contributed by atoms with Crippen molar-refractivity contribution in [3.63, 3.8) is 0 Å². The van der Waals surface area contributed by atoms with Crippen molar-refractivity contribution in [1.29, 1.82) is 15.8 Å². The fourth-order valence-electron chi connectivity index (χ4n) is 12.7. The topological polar surface area (TPSA) is 262 Å². The molecule has 96 heavy (non-hydrogen) atoms. The normalized spacial score (nSPS) is 20.3. The van der Waals surface area contributed by atoms with Crippen LogP contribution < -0.4 is 24.8 Å². The summed E-state index contributed by atoms with van der Waals surface area (Å²) in [6.07, 6.45) is 5.91. The van der Waals surface area contributed by atoms with E-state index in [2.05, 4.69) is 66.9 Å². The Kier molecular flexibility index (Phi) is 26.0. The molecule has 0 aliphatic carbocycles. The smallest absolute Gasteiger partial charge is 0.418 e. The molecule has 3 amide bonds. The molecular weight excluding hydrogens is 1300 g/mol. The summed E-state index contributed by atoms with van der Waals surface area (Å²) in [5.41, 5.74) is 3.24. The molecule has 1 aromatic carbocycles. The van der Waals surface area contributed by atoms with Crippen molar-refractivity contribution in [2.45, 2.75) is 168 Å². The molecule has 29 heteroatoms. The first-order valence-electron chi connectivity index (χ1n) is 32.8. The summed E-state index contributed by atoms with van der Waals surface area (Å²) < 4.78 is 58.4. The van der Waals surface area contributed by atoms with Crippen molar-refractivity contribution in [3.05, 3.63) is 92.0 Å². The van der Waals surface area contributed by atoms with E-state index in [0.29, 0.717) is 119 Å². The van der Waals surface area contributed by atoms with E-state index in [9.17, 15) is 32.8 Å². The van der Waals surface area contributed by atoms with Gasteiger partial charge in [0, 0.05) is 93.6 Å². The number of likely N-dealkylation sites (tertiary alicyclic amines) is 1. The van der Waals surface area contributed by atoms with Crippen molar-refractivity contribution in [3.8, 4) is 24.2 Å². The van der Waals surface area contributed by atoms with Gasteiger partial charge in [0.05, 0.1) is 72.9 Å². The highest BCUT2D eigenvalue weighted by molar-refractivity contribution is 6.32. The van der Waals surface area contributed by atoms with Gasteiger partial charge in [0.2, 0.25) is 16.5 Å². The van der Waals surface area contributed by atoms with Gasteiger partial charge in [-0.1, -0.05) is 30.3 Å². The second kappa shape index (κ2) is 33.6. The van der Waals surface area contributed by atoms with Crippen molar-refractivity contribution < 1.29 is 41.8 Å². The number of piperazine rings is 1. The highest BCUT2D eigenvalue weighted by Gasteiger charge is 2.39. The minimum absolute atomic E-state index is 0.0924. The number of ether oxygens (including phenoxy) is 3. The predicted octanol–water partition coefficient (Wildman–Crippen LogP) is 11.2. The highest BCUT2D eigenvalue weighted by atomic mass is 35.5. The number of rotatable bonds is 10. The number of likely N-dealkylation sites (N-methyl/N-ethyl adjacent to an activating group) is 1. The van der Waals surface area contributed by atoms with E-state index < -0.39 is 22.9 Å². The van der Waals surface area contributed by atoms with Crippen LogP contribution in [-0.4, -0.2) is 177 Å². The van der Waals surface area contributed by atoms with Crippen LogP contribution in [0.4, 0.5) is 40.1 Å². The van der Waals surface area contributed by atoms with Crippen molar-refractivity contribution in [2.75, 3.05) is 100 Å². The Morgan fingerprint density at radius 3 is 1.82 bits per heavy atom. The maximum atomic E-state index is 13.8. The van der Waals surface area contributed by atoms with Crippen LogP contribution in [0.5, 0.6) is 6.01 Å². The van der Waals surface area contributed by atoms with Gasteiger partial charge in [-0.3, -0.25) is 4.79 Å². The van der Waals surface area contributed by atoms with Gasteiger partial charge in [-0.25, -0.2) is 29.5 Å². The number of amides is 3. The van der Waals surface area contributed by atoms with E-state index in [1.165, 1.54) is 31.1 Å². The number of nitriles is 3. The fourth-order valence-corrected chi connectivity index (χ4v) is 13.4. The average Bonchev–Trinajstić information content (AvgIpc) is 0.813. The first-order valence-corrected chi connectivity index (χ1v) is 33.9. The molecule has 0 radical (unpaired) electrons. The molecule has 23 nitrogen and oxygen atoms in total. The van der Waals surface area contributed by atoms with Crippen molar-refractivity contribution in [1.82, 2.24) is 54.8 Å². The van der Waals surface area contributed by atoms with Gasteiger partial charge in [-0.2, -0.15) is 38.9 Å². The Morgan fingerprint density at radius 1 is 0.646 bits per heavy atom. The molecule has 0 spiro atoms. The number of alkyl halides is 3. The van der Waals surface area contributed by atoms with Crippen molar-refractivity contribution in [2.24, 2.45) is 11.8 Å². The van der Waals surface area contributed by atoms with Gasteiger partial charge in [0.15, 0.2) is 0 Å². The predicted molar refractivity (Wildman–Crippen MR) is 358 cm³/mol. The molecule has 4 saturated heterocycles. The van der Waals surface area contributed by atoms with E-state index >= 15 is 0 Å². The number of para-hydroxylation sites is 1. The first kappa shape index (κ1) is 74.3. The number of halogens is 6. The van der Waals surface area contributed by atoms with Crippen LogP contribution in [0.2, 0.25) is 15.7 Å². The van der Waals surface area contributed by atoms with E-state index in [4.69, 9.17) is 69.5 Å². The second-order valence-electron chi connectivity index (χ2n) is 26.9. The van der Waals surface area contributed by atoms with Crippen LogP contribution >= 0.6 is 34.8 Å². The molecule has 3 unspecified atom stereocenters. The lowest BCUT2D eigenvalue weighted by molar-refractivity contribution is -0.137. The number of nitrogens with one attached hydrogen (secondary N) is 1. The average molecular weight is 1390 g/mol. The highest BCUT2D eigenvalue weighted by Crippen LogP contribution is 2.40. The molecule has 0 saturated carbocycles. The lowest BCUT2D eigenvalue weighted by Crippen LogP contribution is -2.55. The van der Waals surface area contributed by atoms with Gasteiger partial charge in [0.1, 0.15) is 34.6 Å². The van der Waals surface area contributed by atoms with E-state index in [1.54, 1.807) is 25.7 Å². The largest absolute Gasteiger partial charge is 0.462 e. The zero-order valence-corrected chi connectivity index (χ0v) is 58.1. The van der Waals surface area contributed by atoms with Gasteiger partial charge < -0.3 is 53.8 Å². The van der Waals surface area contributed by atoms with Gasteiger partial charge in [-0.05, 0) is 179 Å². The number of anilines is 3. The summed E-state index contributed by atoms with van der Waals surface area (Å²) in [6, 6.07) is 12.3. The zero-order chi connectivity index (χ0) is 69.5. The monoisotopic (exact) mass is 1390 g/mol. The number of carbonyl (C=O) groups excluding carboxylic acids is 3. The summed E-state index contributed by atoms with van der Waals surface area (Å²) in [4.78, 5) is 76.3. The third-order valence-corrected chi connectivity index (χ3v) is 18.2. The van der Waals surface area contributed by atoms with Gasteiger partial charge >= 0.3 is 24.4 Å².